The highest BCUT2D eigenvalue weighted by Gasteiger charge is 2.46. The highest BCUT2D eigenvalue weighted by atomic mass is 16.5. The number of nitrogens with zero attached hydrogens (tertiary/aromatic N) is 1. The molecule has 0 radical (unpaired) electrons. The molecule has 1 aliphatic heterocycles. The van der Waals surface area contributed by atoms with Crippen molar-refractivity contribution < 1.29 is 19.7 Å². The standard InChI is InChI=1S/C23H39NO4/c25-18-13-20(26)22(21(14-18)28-15-16-7-2-1-3-8-16)23(27)24-12-6-10-17-9-4-5-11-19(17)24/h16-22,25-26H,1-15H2. The molecule has 28 heavy (non-hydrogen) atoms. The zero-order chi connectivity index (χ0) is 19.5. The molecule has 5 heteroatoms. The molecule has 4 aliphatic rings. The Labute approximate surface area is 169 Å². The van der Waals surface area contributed by atoms with E-state index in [4.69, 9.17) is 4.74 Å². The average Bonchev–Trinajstić information content (AvgIpc) is 2.72. The van der Waals surface area contributed by atoms with E-state index in [9.17, 15) is 15.0 Å². The van der Waals surface area contributed by atoms with Crippen LogP contribution < -0.4 is 0 Å². The number of ether oxygens (including phenoxy) is 1. The van der Waals surface area contributed by atoms with Crippen LogP contribution >= 0.6 is 0 Å². The maximum Gasteiger partial charge on any atom is 0.231 e. The molecule has 4 rings (SSSR count). The molecule has 0 bridgehead atoms. The van der Waals surface area contributed by atoms with Gasteiger partial charge in [0.05, 0.1) is 24.2 Å². The SMILES string of the molecule is O=C(C1C(O)CC(O)CC1OCC1CCCCC1)N1CCCC2CCCCC21. The number of carbonyl (C=O) groups excluding carboxylic acids is 1. The summed E-state index contributed by atoms with van der Waals surface area (Å²) in [6, 6.07) is 0.355. The number of hydrogen-bond donors (Lipinski definition) is 2. The van der Waals surface area contributed by atoms with Crippen molar-refractivity contribution in [3.63, 3.8) is 0 Å². The Morgan fingerprint density at radius 1 is 0.893 bits per heavy atom. The molecule has 0 spiro atoms. The fourth-order valence-corrected chi connectivity index (χ4v) is 6.38. The van der Waals surface area contributed by atoms with Crippen LogP contribution in [0.1, 0.15) is 83.5 Å². The van der Waals surface area contributed by atoms with Gasteiger partial charge in [0.15, 0.2) is 0 Å². The van der Waals surface area contributed by atoms with Crippen molar-refractivity contribution in [2.75, 3.05) is 13.2 Å². The minimum atomic E-state index is -0.795. The summed E-state index contributed by atoms with van der Waals surface area (Å²) >= 11 is 0. The van der Waals surface area contributed by atoms with Gasteiger partial charge in [0, 0.05) is 32.0 Å². The van der Waals surface area contributed by atoms with Gasteiger partial charge >= 0.3 is 0 Å². The van der Waals surface area contributed by atoms with Gasteiger partial charge in [-0.2, -0.15) is 0 Å². The minimum Gasteiger partial charge on any atom is -0.393 e. The van der Waals surface area contributed by atoms with Gasteiger partial charge in [0.1, 0.15) is 0 Å². The number of likely N-dealkylation sites (tertiary alicyclic amines) is 1. The summed E-state index contributed by atoms with van der Waals surface area (Å²) in [5.74, 6) is 0.787. The van der Waals surface area contributed by atoms with Crippen molar-refractivity contribution in [3.8, 4) is 0 Å². The van der Waals surface area contributed by atoms with Crippen LogP contribution in [0.25, 0.3) is 0 Å². The zero-order valence-electron chi connectivity index (χ0n) is 17.3. The van der Waals surface area contributed by atoms with Crippen LogP contribution in [-0.4, -0.2) is 58.5 Å². The van der Waals surface area contributed by atoms with Crippen molar-refractivity contribution in [3.05, 3.63) is 0 Å². The average molecular weight is 394 g/mol. The van der Waals surface area contributed by atoms with E-state index in [1.807, 2.05) is 0 Å². The fourth-order valence-electron chi connectivity index (χ4n) is 6.38. The van der Waals surface area contributed by atoms with E-state index in [0.29, 0.717) is 37.3 Å². The number of rotatable bonds is 4. The molecule has 6 unspecified atom stereocenters. The molecule has 0 aromatic carbocycles. The minimum absolute atomic E-state index is 0.0876. The van der Waals surface area contributed by atoms with Crippen LogP contribution in [0.4, 0.5) is 0 Å². The Balaban J connectivity index is 1.44. The van der Waals surface area contributed by atoms with E-state index in [2.05, 4.69) is 4.90 Å². The number of fused-ring (bicyclic) bond motifs is 1. The number of amides is 1. The maximum absolute atomic E-state index is 13.6. The topological polar surface area (TPSA) is 70.0 Å². The number of hydrogen-bond acceptors (Lipinski definition) is 4. The summed E-state index contributed by atoms with van der Waals surface area (Å²) < 4.78 is 6.26. The third-order valence-electron chi connectivity index (χ3n) is 7.92. The summed E-state index contributed by atoms with van der Waals surface area (Å²) in [5, 5.41) is 21.0. The van der Waals surface area contributed by atoms with Crippen molar-refractivity contribution in [2.24, 2.45) is 17.8 Å². The first-order valence-electron chi connectivity index (χ1n) is 11.9. The summed E-state index contributed by atoms with van der Waals surface area (Å²) in [7, 11) is 0. The van der Waals surface area contributed by atoms with Crippen LogP contribution in [0.2, 0.25) is 0 Å². The van der Waals surface area contributed by atoms with Crippen LogP contribution in [-0.2, 0) is 9.53 Å². The van der Waals surface area contributed by atoms with Gasteiger partial charge in [-0.15, -0.1) is 0 Å². The number of aliphatic hydroxyl groups excluding tert-OH is 2. The predicted molar refractivity (Wildman–Crippen MR) is 108 cm³/mol. The molecule has 0 aromatic heterocycles. The lowest BCUT2D eigenvalue weighted by molar-refractivity contribution is -0.164. The van der Waals surface area contributed by atoms with Gasteiger partial charge in [-0.05, 0) is 50.4 Å². The van der Waals surface area contributed by atoms with Crippen molar-refractivity contribution in [2.45, 2.75) is 108 Å². The highest BCUT2D eigenvalue weighted by Crippen LogP contribution is 2.38. The van der Waals surface area contributed by atoms with Gasteiger partial charge < -0.3 is 19.8 Å². The zero-order valence-corrected chi connectivity index (χ0v) is 17.3. The molecule has 3 aliphatic carbocycles. The van der Waals surface area contributed by atoms with Crippen molar-refractivity contribution in [1.29, 1.82) is 0 Å². The van der Waals surface area contributed by atoms with Gasteiger partial charge in [0.25, 0.3) is 0 Å². The largest absolute Gasteiger partial charge is 0.393 e. The number of piperidine rings is 1. The van der Waals surface area contributed by atoms with E-state index in [0.717, 1.165) is 19.4 Å². The van der Waals surface area contributed by atoms with Crippen LogP contribution in [0.5, 0.6) is 0 Å². The molecule has 2 N–H and O–H groups in total. The van der Waals surface area contributed by atoms with Crippen molar-refractivity contribution in [1.82, 2.24) is 4.90 Å². The van der Waals surface area contributed by atoms with Gasteiger partial charge in [-0.25, -0.2) is 0 Å². The summed E-state index contributed by atoms with van der Waals surface area (Å²) in [5.41, 5.74) is 0. The quantitative estimate of drug-likeness (QED) is 0.769. The first-order chi connectivity index (χ1) is 13.6. The predicted octanol–water partition coefficient (Wildman–Crippen LogP) is 3.26. The van der Waals surface area contributed by atoms with E-state index in [1.54, 1.807) is 0 Å². The molecule has 0 aromatic rings. The van der Waals surface area contributed by atoms with Gasteiger partial charge in [-0.3, -0.25) is 4.79 Å². The lowest BCUT2D eigenvalue weighted by atomic mass is 9.76. The fraction of sp³-hybridized carbons (Fsp3) is 0.957. The third kappa shape index (κ3) is 4.57. The van der Waals surface area contributed by atoms with Gasteiger partial charge in [0.2, 0.25) is 5.91 Å². The van der Waals surface area contributed by atoms with E-state index in [1.165, 1.54) is 57.8 Å². The van der Waals surface area contributed by atoms with E-state index >= 15 is 0 Å². The van der Waals surface area contributed by atoms with Crippen LogP contribution in [0.3, 0.4) is 0 Å². The van der Waals surface area contributed by atoms with Crippen LogP contribution in [0.15, 0.2) is 0 Å². The summed E-state index contributed by atoms with van der Waals surface area (Å²) in [4.78, 5) is 15.7. The summed E-state index contributed by atoms with van der Waals surface area (Å²) in [6.07, 6.45) is 12.5. The Kier molecular flexibility index (Phi) is 6.95. The first kappa shape index (κ1) is 20.6. The Bertz CT molecular complexity index is 519. The molecule has 5 nitrogen and oxygen atoms in total. The van der Waals surface area contributed by atoms with Crippen LogP contribution in [0, 0.1) is 17.8 Å². The van der Waals surface area contributed by atoms with E-state index in [-0.39, 0.29) is 12.0 Å². The second-order valence-corrected chi connectivity index (χ2v) is 9.88. The first-order valence-corrected chi connectivity index (χ1v) is 11.9. The second-order valence-electron chi connectivity index (χ2n) is 9.88. The smallest absolute Gasteiger partial charge is 0.231 e. The molecule has 1 saturated heterocycles. The third-order valence-corrected chi connectivity index (χ3v) is 7.92. The molecule has 160 valence electrons. The lowest BCUT2D eigenvalue weighted by Crippen LogP contribution is -2.57. The maximum atomic E-state index is 13.6. The van der Waals surface area contributed by atoms with Crippen molar-refractivity contribution >= 4 is 5.91 Å². The second kappa shape index (κ2) is 9.44. The highest BCUT2D eigenvalue weighted by molar-refractivity contribution is 5.80. The molecular formula is C23H39NO4. The molecule has 3 saturated carbocycles. The number of carbonyl (C=O) groups is 1. The Hall–Kier alpha value is -0.650. The van der Waals surface area contributed by atoms with Gasteiger partial charge in [-0.1, -0.05) is 32.1 Å². The molecule has 1 heterocycles. The normalized spacial score (nSPS) is 40.1. The summed E-state index contributed by atoms with van der Waals surface area (Å²) in [6.45, 7) is 1.49. The number of aliphatic hydroxyl groups is 2. The Morgan fingerprint density at radius 3 is 2.43 bits per heavy atom. The monoisotopic (exact) mass is 393 g/mol. The molecule has 1 amide bonds. The molecular weight excluding hydrogens is 354 g/mol. The Morgan fingerprint density at radius 2 is 1.61 bits per heavy atom. The van der Waals surface area contributed by atoms with E-state index < -0.39 is 18.1 Å². The lowest BCUT2D eigenvalue weighted by Gasteiger charge is -2.47. The molecule has 4 fully saturated rings. The molecule has 6 atom stereocenters.